The van der Waals surface area contributed by atoms with Crippen molar-refractivity contribution < 1.29 is 4.79 Å². The lowest BCUT2D eigenvalue weighted by Gasteiger charge is -2.12. The zero-order chi connectivity index (χ0) is 20.2. The summed E-state index contributed by atoms with van der Waals surface area (Å²) >= 11 is 0. The number of nitrogens with one attached hydrogen (secondary N) is 3. The number of aliphatic imine (C=N–C) groups is 1. The Balaban J connectivity index is 1.68. The van der Waals surface area contributed by atoms with Crippen molar-refractivity contribution in [1.29, 1.82) is 0 Å². The quantitative estimate of drug-likeness (QED) is 0.331. The van der Waals surface area contributed by atoms with E-state index < -0.39 is 0 Å². The van der Waals surface area contributed by atoms with Gasteiger partial charge in [-0.15, -0.1) is 0 Å². The molecule has 3 N–H and O–H groups in total. The first-order valence-electron chi connectivity index (χ1n) is 9.92. The van der Waals surface area contributed by atoms with Crippen LogP contribution in [0.5, 0.6) is 0 Å². The maximum absolute atomic E-state index is 12.0. The van der Waals surface area contributed by atoms with Crippen LogP contribution in [-0.4, -0.2) is 47.8 Å². The summed E-state index contributed by atoms with van der Waals surface area (Å²) in [5.74, 6) is 0.588. The summed E-state index contributed by atoms with van der Waals surface area (Å²) in [6, 6.07) is 12.2. The Morgan fingerprint density at radius 3 is 2.57 bits per heavy atom. The summed E-state index contributed by atoms with van der Waals surface area (Å²) < 4.78 is 2.02. The van der Waals surface area contributed by atoms with E-state index in [0.717, 1.165) is 38.2 Å². The zero-order valence-electron chi connectivity index (χ0n) is 17.2. The van der Waals surface area contributed by atoms with Crippen LogP contribution in [0, 0.1) is 13.8 Å². The van der Waals surface area contributed by atoms with E-state index in [9.17, 15) is 4.79 Å². The number of aryl methyl sites for hydroxylation is 3. The van der Waals surface area contributed by atoms with E-state index in [1.165, 1.54) is 11.3 Å². The fraction of sp³-hybridized carbons (Fsp3) is 0.476. The largest absolute Gasteiger partial charge is 0.357 e. The summed E-state index contributed by atoms with van der Waals surface area (Å²) in [6.45, 7) is 9.17. The maximum Gasteiger partial charge on any atom is 0.241 e. The first kappa shape index (κ1) is 21.5. The molecule has 0 saturated heterocycles. The average Bonchev–Trinajstić information content (AvgIpc) is 3.01. The summed E-state index contributed by atoms with van der Waals surface area (Å²) in [7, 11) is 0. The average molecular weight is 385 g/mol. The van der Waals surface area contributed by atoms with Gasteiger partial charge in [0.05, 0.1) is 5.69 Å². The Morgan fingerprint density at radius 2 is 1.89 bits per heavy atom. The van der Waals surface area contributed by atoms with Gasteiger partial charge >= 0.3 is 0 Å². The van der Waals surface area contributed by atoms with Crippen molar-refractivity contribution in [2.24, 2.45) is 4.99 Å². The molecule has 0 atom stereocenters. The van der Waals surface area contributed by atoms with Crippen LogP contribution in [0.3, 0.4) is 0 Å². The number of rotatable bonds is 10. The van der Waals surface area contributed by atoms with Crippen molar-refractivity contribution in [3.05, 3.63) is 53.3 Å². The van der Waals surface area contributed by atoms with Gasteiger partial charge in [-0.3, -0.25) is 9.48 Å². The molecule has 1 heterocycles. The van der Waals surface area contributed by atoms with E-state index in [-0.39, 0.29) is 12.5 Å². The van der Waals surface area contributed by atoms with Crippen LogP contribution in [0.15, 0.2) is 41.4 Å². The fourth-order valence-corrected chi connectivity index (χ4v) is 2.88. The first-order chi connectivity index (χ1) is 13.6. The number of carbonyl (C=O) groups is 1. The molecule has 0 fully saturated rings. The van der Waals surface area contributed by atoms with Crippen molar-refractivity contribution in [3.8, 4) is 0 Å². The third-order valence-corrected chi connectivity index (χ3v) is 4.25. The third-order valence-electron chi connectivity index (χ3n) is 4.25. The molecule has 0 aliphatic carbocycles. The second kappa shape index (κ2) is 11.8. The number of guanidine groups is 1. The monoisotopic (exact) mass is 384 g/mol. The molecule has 7 heteroatoms. The van der Waals surface area contributed by atoms with Crippen LogP contribution >= 0.6 is 0 Å². The Kier molecular flexibility index (Phi) is 9.04. The second-order valence-corrected chi connectivity index (χ2v) is 6.71. The molecule has 0 saturated carbocycles. The SMILES string of the molecule is CCNC(=NCC(=O)NCCc1ccccc1)NCCCn1nc(C)cc1C. The molecule has 0 spiro atoms. The summed E-state index contributed by atoms with van der Waals surface area (Å²) in [5, 5.41) is 13.8. The highest BCUT2D eigenvalue weighted by atomic mass is 16.1. The van der Waals surface area contributed by atoms with E-state index >= 15 is 0 Å². The molecule has 0 radical (unpaired) electrons. The van der Waals surface area contributed by atoms with E-state index in [0.29, 0.717) is 12.5 Å². The van der Waals surface area contributed by atoms with Crippen molar-refractivity contribution in [2.45, 2.75) is 40.2 Å². The lowest BCUT2D eigenvalue weighted by Crippen LogP contribution is -2.39. The van der Waals surface area contributed by atoms with Crippen molar-refractivity contribution >= 4 is 11.9 Å². The molecule has 2 rings (SSSR count). The molecule has 7 nitrogen and oxygen atoms in total. The molecule has 0 aliphatic heterocycles. The minimum absolute atomic E-state index is 0.0734. The number of amides is 1. The molecule has 0 unspecified atom stereocenters. The van der Waals surface area contributed by atoms with E-state index in [2.05, 4.69) is 51.2 Å². The number of hydrogen-bond acceptors (Lipinski definition) is 3. The van der Waals surface area contributed by atoms with Crippen LogP contribution in [-0.2, 0) is 17.8 Å². The van der Waals surface area contributed by atoms with Crippen molar-refractivity contribution in [1.82, 2.24) is 25.7 Å². The molecule has 1 aromatic carbocycles. The minimum atomic E-state index is -0.0734. The van der Waals surface area contributed by atoms with Gasteiger partial charge in [0.15, 0.2) is 5.96 Å². The van der Waals surface area contributed by atoms with E-state index in [1.54, 1.807) is 0 Å². The third kappa shape index (κ3) is 7.82. The highest BCUT2D eigenvalue weighted by Crippen LogP contribution is 2.02. The molecule has 0 bridgehead atoms. The molecule has 1 amide bonds. The molecule has 28 heavy (non-hydrogen) atoms. The number of nitrogens with zero attached hydrogens (tertiary/aromatic N) is 3. The Morgan fingerprint density at radius 1 is 1.11 bits per heavy atom. The lowest BCUT2D eigenvalue weighted by molar-refractivity contribution is -0.119. The van der Waals surface area contributed by atoms with Crippen LogP contribution in [0.25, 0.3) is 0 Å². The molecule has 1 aromatic heterocycles. The zero-order valence-corrected chi connectivity index (χ0v) is 17.2. The standard InChI is InChI=1S/C21H32N6O/c1-4-22-21(24-12-8-14-27-18(3)15-17(2)26-27)25-16-20(28)23-13-11-19-9-6-5-7-10-19/h5-7,9-10,15H,4,8,11-14,16H2,1-3H3,(H,23,28)(H2,22,24,25). The van der Waals surface area contributed by atoms with Crippen LogP contribution in [0.4, 0.5) is 0 Å². The maximum atomic E-state index is 12.0. The predicted octanol–water partition coefficient (Wildman–Crippen LogP) is 1.80. The smallest absolute Gasteiger partial charge is 0.241 e. The van der Waals surface area contributed by atoms with E-state index in [1.807, 2.05) is 36.7 Å². The van der Waals surface area contributed by atoms with Gasteiger partial charge < -0.3 is 16.0 Å². The number of hydrogen-bond donors (Lipinski definition) is 3. The van der Waals surface area contributed by atoms with Crippen molar-refractivity contribution in [2.75, 3.05) is 26.2 Å². The second-order valence-electron chi connectivity index (χ2n) is 6.71. The van der Waals surface area contributed by atoms with Crippen molar-refractivity contribution in [3.63, 3.8) is 0 Å². The molecule has 0 aliphatic rings. The minimum Gasteiger partial charge on any atom is -0.357 e. The van der Waals surface area contributed by atoms with Crippen LogP contribution < -0.4 is 16.0 Å². The van der Waals surface area contributed by atoms with Gasteiger partial charge in [-0.2, -0.15) is 5.10 Å². The molecule has 2 aromatic rings. The first-order valence-corrected chi connectivity index (χ1v) is 9.92. The molecule has 152 valence electrons. The Labute approximate surface area is 167 Å². The fourth-order valence-electron chi connectivity index (χ4n) is 2.88. The van der Waals surface area contributed by atoms with E-state index in [4.69, 9.17) is 0 Å². The summed E-state index contributed by atoms with van der Waals surface area (Å²) in [4.78, 5) is 16.4. The number of aromatic nitrogens is 2. The number of benzene rings is 1. The Hall–Kier alpha value is -2.83. The molecular formula is C21H32N6O. The Bertz CT molecular complexity index is 754. The molecular weight excluding hydrogens is 352 g/mol. The van der Waals surface area contributed by atoms with Crippen LogP contribution in [0.1, 0.15) is 30.3 Å². The van der Waals surface area contributed by atoms with Gasteiger partial charge in [0.25, 0.3) is 0 Å². The highest BCUT2D eigenvalue weighted by molar-refractivity contribution is 5.84. The van der Waals surface area contributed by atoms with Gasteiger partial charge in [-0.1, -0.05) is 30.3 Å². The van der Waals surface area contributed by atoms with Gasteiger partial charge in [-0.25, -0.2) is 4.99 Å². The van der Waals surface area contributed by atoms with Gasteiger partial charge in [0.2, 0.25) is 5.91 Å². The van der Waals surface area contributed by atoms with Gasteiger partial charge in [-0.05, 0) is 45.2 Å². The normalized spacial score (nSPS) is 11.3. The lowest BCUT2D eigenvalue weighted by atomic mass is 10.1. The predicted molar refractivity (Wildman–Crippen MR) is 113 cm³/mol. The summed E-state index contributed by atoms with van der Waals surface area (Å²) in [6.07, 6.45) is 1.75. The van der Waals surface area contributed by atoms with Gasteiger partial charge in [0, 0.05) is 31.9 Å². The summed E-state index contributed by atoms with van der Waals surface area (Å²) in [5.41, 5.74) is 3.42. The highest BCUT2D eigenvalue weighted by Gasteiger charge is 2.03. The van der Waals surface area contributed by atoms with Gasteiger partial charge in [0.1, 0.15) is 6.54 Å². The number of carbonyl (C=O) groups excluding carboxylic acids is 1. The van der Waals surface area contributed by atoms with Crippen LogP contribution in [0.2, 0.25) is 0 Å². The topological polar surface area (TPSA) is 83.3 Å².